The smallest absolute Gasteiger partial charge is 0.340 e. The Bertz CT molecular complexity index is 975. The molecule has 4 rings (SSSR count). The van der Waals surface area contributed by atoms with Crippen LogP contribution in [-0.4, -0.2) is 52.8 Å². The van der Waals surface area contributed by atoms with Crippen molar-refractivity contribution in [3.8, 4) is 0 Å². The first-order chi connectivity index (χ1) is 15.3. The zero-order chi connectivity index (χ0) is 22.7. The Morgan fingerprint density at radius 3 is 2.62 bits per heavy atom. The Balaban J connectivity index is 1.37. The number of alkyl halides is 3. The van der Waals surface area contributed by atoms with E-state index < -0.39 is 11.7 Å². The van der Waals surface area contributed by atoms with Crippen LogP contribution in [0.3, 0.4) is 0 Å². The first-order valence-electron chi connectivity index (χ1n) is 11.0. The molecule has 0 aliphatic carbocycles. The summed E-state index contributed by atoms with van der Waals surface area (Å²) < 4.78 is 38.8. The van der Waals surface area contributed by atoms with Gasteiger partial charge in [0.05, 0.1) is 12.1 Å². The van der Waals surface area contributed by atoms with Crippen LogP contribution in [0.4, 0.5) is 13.2 Å². The van der Waals surface area contributed by atoms with Crippen molar-refractivity contribution in [2.45, 2.75) is 44.2 Å². The molecule has 2 saturated heterocycles. The van der Waals surface area contributed by atoms with Gasteiger partial charge in [-0.25, -0.2) is 0 Å². The third-order valence-electron chi connectivity index (χ3n) is 6.20. The lowest BCUT2D eigenvalue weighted by atomic mass is 9.93. The number of pyridine rings is 1. The monoisotopic (exact) mass is 445 g/mol. The lowest BCUT2D eigenvalue weighted by Gasteiger charge is -2.33. The molecule has 1 aromatic carbocycles. The molecule has 3 heterocycles. The number of benzene rings is 1. The summed E-state index contributed by atoms with van der Waals surface area (Å²) in [5.74, 6) is 0.139. The summed E-state index contributed by atoms with van der Waals surface area (Å²) in [4.78, 5) is 32.5. The maximum atomic E-state index is 12.9. The van der Waals surface area contributed by atoms with Crippen LogP contribution >= 0.6 is 0 Å². The predicted molar refractivity (Wildman–Crippen MR) is 113 cm³/mol. The molecule has 2 amide bonds. The molecule has 170 valence electrons. The first-order valence-corrected chi connectivity index (χ1v) is 11.0. The van der Waals surface area contributed by atoms with E-state index in [-0.39, 0.29) is 24.3 Å². The van der Waals surface area contributed by atoms with Crippen LogP contribution in [0, 0.1) is 0 Å². The second-order valence-electron chi connectivity index (χ2n) is 8.56. The summed E-state index contributed by atoms with van der Waals surface area (Å²) in [5, 5.41) is 0. The zero-order valence-electron chi connectivity index (χ0n) is 17.8. The Morgan fingerprint density at radius 2 is 1.94 bits per heavy atom. The van der Waals surface area contributed by atoms with Crippen molar-refractivity contribution < 1.29 is 22.8 Å². The third kappa shape index (κ3) is 5.29. The predicted octanol–water partition coefficient (Wildman–Crippen LogP) is 4.02. The zero-order valence-corrected chi connectivity index (χ0v) is 17.8. The van der Waals surface area contributed by atoms with Crippen LogP contribution in [0.25, 0.3) is 0 Å². The van der Waals surface area contributed by atoms with Crippen molar-refractivity contribution in [2.75, 3.05) is 26.2 Å². The molecule has 0 saturated carbocycles. The number of hydrogen-bond acceptors (Lipinski definition) is 3. The van der Waals surface area contributed by atoms with Gasteiger partial charge in [0, 0.05) is 43.9 Å². The number of nitrogens with zero attached hydrogens (tertiary/aromatic N) is 3. The van der Waals surface area contributed by atoms with E-state index in [9.17, 15) is 22.8 Å². The molecular weight excluding hydrogens is 419 g/mol. The van der Waals surface area contributed by atoms with E-state index in [1.165, 1.54) is 12.1 Å². The molecular formula is C24H26F3N3O2. The second kappa shape index (κ2) is 9.30. The molecule has 2 aromatic rings. The standard InChI is InChI=1S/C24H26F3N3O2/c25-24(26,27)20-6-1-4-17(13-20)12-18-8-9-21(28-14-18)19-5-2-10-29(15-19)23(32)16-30-11-3-7-22(30)31/h1,4,6,8-9,13-14,19H,2-3,5,7,10-12,15-16H2. The number of carbonyl (C=O) groups excluding carboxylic acids is 2. The molecule has 0 bridgehead atoms. The van der Waals surface area contributed by atoms with Crippen LogP contribution in [0.5, 0.6) is 0 Å². The van der Waals surface area contributed by atoms with Gasteiger partial charge in [0.15, 0.2) is 0 Å². The molecule has 5 nitrogen and oxygen atoms in total. The van der Waals surface area contributed by atoms with Crippen molar-refractivity contribution in [3.05, 3.63) is 65.0 Å². The molecule has 2 aliphatic rings. The number of piperidine rings is 1. The first kappa shape index (κ1) is 22.3. The van der Waals surface area contributed by atoms with E-state index in [1.54, 1.807) is 17.2 Å². The van der Waals surface area contributed by atoms with E-state index in [2.05, 4.69) is 4.98 Å². The SMILES string of the molecule is O=C1CCCN1CC(=O)N1CCCC(c2ccc(Cc3cccc(C(F)(F)F)c3)cn2)C1. The van der Waals surface area contributed by atoms with E-state index in [0.717, 1.165) is 36.6 Å². The fourth-order valence-corrected chi connectivity index (χ4v) is 4.45. The number of hydrogen-bond donors (Lipinski definition) is 0. The van der Waals surface area contributed by atoms with Gasteiger partial charge in [-0.1, -0.05) is 24.3 Å². The Morgan fingerprint density at radius 1 is 1.09 bits per heavy atom. The van der Waals surface area contributed by atoms with Gasteiger partial charge in [-0.05, 0) is 48.9 Å². The molecule has 0 spiro atoms. The summed E-state index contributed by atoms with van der Waals surface area (Å²) in [5.41, 5.74) is 1.65. The number of halogens is 3. The average Bonchev–Trinajstić information content (AvgIpc) is 3.18. The van der Waals surface area contributed by atoms with E-state index in [1.807, 2.05) is 17.0 Å². The molecule has 32 heavy (non-hydrogen) atoms. The molecule has 0 radical (unpaired) electrons. The minimum atomic E-state index is -4.36. The molecule has 8 heteroatoms. The summed E-state index contributed by atoms with van der Waals surface area (Å²) in [6.07, 6.45) is 0.850. The van der Waals surface area contributed by atoms with Crippen molar-refractivity contribution in [1.82, 2.24) is 14.8 Å². The van der Waals surface area contributed by atoms with Crippen LogP contribution < -0.4 is 0 Å². The van der Waals surface area contributed by atoms with Gasteiger partial charge in [-0.2, -0.15) is 13.2 Å². The quantitative estimate of drug-likeness (QED) is 0.699. The van der Waals surface area contributed by atoms with Gasteiger partial charge in [0.1, 0.15) is 0 Å². The Hall–Kier alpha value is -2.90. The molecule has 2 aliphatic heterocycles. The Kier molecular flexibility index (Phi) is 6.48. The van der Waals surface area contributed by atoms with Gasteiger partial charge in [0.2, 0.25) is 11.8 Å². The summed E-state index contributed by atoms with van der Waals surface area (Å²) >= 11 is 0. The summed E-state index contributed by atoms with van der Waals surface area (Å²) in [6.45, 7) is 2.05. The maximum absolute atomic E-state index is 12.9. The number of aromatic nitrogens is 1. The summed E-state index contributed by atoms with van der Waals surface area (Å²) in [6, 6.07) is 9.14. The largest absolute Gasteiger partial charge is 0.416 e. The maximum Gasteiger partial charge on any atom is 0.416 e. The van der Waals surface area contributed by atoms with Crippen LogP contribution in [0.2, 0.25) is 0 Å². The number of amides is 2. The lowest BCUT2D eigenvalue weighted by Crippen LogP contribution is -2.45. The number of carbonyl (C=O) groups is 2. The number of rotatable bonds is 5. The highest BCUT2D eigenvalue weighted by molar-refractivity contribution is 5.86. The van der Waals surface area contributed by atoms with Crippen molar-refractivity contribution >= 4 is 11.8 Å². The fraction of sp³-hybridized carbons (Fsp3) is 0.458. The highest BCUT2D eigenvalue weighted by atomic mass is 19.4. The molecule has 2 fully saturated rings. The highest BCUT2D eigenvalue weighted by Crippen LogP contribution is 2.30. The second-order valence-corrected chi connectivity index (χ2v) is 8.56. The van der Waals surface area contributed by atoms with Gasteiger partial charge < -0.3 is 9.80 Å². The Labute approximate surface area is 185 Å². The van der Waals surface area contributed by atoms with Crippen LogP contribution in [0.1, 0.15) is 54.0 Å². The lowest BCUT2D eigenvalue weighted by molar-refractivity contribution is -0.139. The van der Waals surface area contributed by atoms with E-state index in [0.29, 0.717) is 38.0 Å². The minimum absolute atomic E-state index is 0.0221. The van der Waals surface area contributed by atoms with Crippen molar-refractivity contribution in [1.29, 1.82) is 0 Å². The van der Waals surface area contributed by atoms with Crippen molar-refractivity contribution in [3.63, 3.8) is 0 Å². The van der Waals surface area contributed by atoms with Crippen molar-refractivity contribution in [2.24, 2.45) is 0 Å². The number of likely N-dealkylation sites (tertiary alicyclic amines) is 2. The van der Waals surface area contributed by atoms with Gasteiger partial charge in [-0.3, -0.25) is 14.6 Å². The highest BCUT2D eigenvalue weighted by Gasteiger charge is 2.31. The molecule has 1 atom stereocenters. The van der Waals surface area contributed by atoms with Gasteiger partial charge >= 0.3 is 6.18 Å². The summed E-state index contributed by atoms with van der Waals surface area (Å²) in [7, 11) is 0. The van der Waals surface area contributed by atoms with E-state index in [4.69, 9.17) is 0 Å². The molecule has 1 aromatic heterocycles. The normalized spacial score (nSPS) is 19.5. The van der Waals surface area contributed by atoms with Crippen LogP contribution in [-0.2, 0) is 22.2 Å². The minimum Gasteiger partial charge on any atom is -0.340 e. The van der Waals surface area contributed by atoms with Gasteiger partial charge in [0.25, 0.3) is 0 Å². The average molecular weight is 445 g/mol. The van der Waals surface area contributed by atoms with E-state index >= 15 is 0 Å². The molecule has 1 unspecified atom stereocenters. The molecule has 0 N–H and O–H groups in total. The van der Waals surface area contributed by atoms with Crippen LogP contribution in [0.15, 0.2) is 42.6 Å². The van der Waals surface area contributed by atoms with Gasteiger partial charge in [-0.15, -0.1) is 0 Å². The topological polar surface area (TPSA) is 53.5 Å². The fourth-order valence-electron chi connectivity index (χ4n) is 4.45. The third-order valence-corrected chi connectivity index (χ3v) is 6.20.